The van der Waals surface area contributed by atoms with E-state index >= 15 is 0 Å². The first kappa shape index (κ1) is 21.5. The Kier molecular flexibility index (Phi) is 4.35. The van der Waals surface area contributed by atoms with Gasteiger partial charge in [-0.05, 0) is 73.7 Å². The molecule has 6 aromatic rings. The molecule has 8 rings (SSSR count). The lowest BCUT2D eigenvalue weighted by atomic mass is 9.82. The minimum Gasteiger partial charge on any atom is -0.456 e. The van der Waals surface area contributed by atoms with Gasteiger partial charge in [-0.2, -0.15) is 0 Å². The van der Waals surface area contributed by atoms with Crippen LogP contribution >= 0.6 is 0 Å². The predicted octanol–water partition coefficient (Wildman–Crippen LogP) is 10.3. The molecule has 2 aliphatic rings. The van der Waals surface area contributed by atoms with Gasteiger partial charge in [0.05, 0.1) is 0 Å². The molecule has 0 N–H and O–H groups in total. The number of ether oxygens (including phenoxy) is 1. The number of hydrogen-bond acceptors (Lipinski definition) is 1. The molecule has 0 spiro atoms. The first-order valence-electron chi connectivity index (χ1n) is 13.3. The molecule has 0 radical (unpaired) electrons. The third-order valence-electron chi connectivity index (χ3n) is 8.49. The van der Waals surface area contributed by atoms with E-state index < -0.39 is 0 Å². The van der Waals surface area contributed by atoms with Gasteiger partial charge in [0.2, 0.25) is 0 Å². The van der Waals surface area contributed by atoms with Gasteiger partial charge in [0.25, 0.3) is 0 Å². The van der Waals surface area contributed by atoms with Crippen LogP contribution in [0.2, 0.25) is 0 Å². The molecular weight excluding hydrogens is 460 g/mol. The summed E-state index contributed by atoms with van der Waals surface area (Å²) >= 11 is 0. The van der Waals surface area contributed by atoms with Crippen molar-refractivity contribution in [1.82, 2.24) is 0 Å². The molecule has 1 aliphatic heterocycles. The summed E-state index contributed by atoms with van der Waals surface area (Å²) in [5, 5.41) is 2.40. The lowest BCUT2D eigenvalue weighted by Crippen LogP contribution is -2.14. The van der Waals surface area contributed by atoms with Crippen molar-refractivity contribution in [3.8, 4) is 56.0 Å². The number of hydrogen-bond donors (Lipinski definition) is 0. The number of para-hydroxylation sites is 1. The SMILES string of the molecule is CC1(C)c2ccccc2-c2c(-c3cccc(-c4ccc5c6c(cccc46)-c4ccccc4O5)c3)cccc21. The van der Waals surface area contributed by atoms with E-state index in [-0.39, 0.29) is 5.41 Å². The van der Waals surface area contributed by atoms with Gasteiger partial charge in [-0.15, -0.1) is 0 Å². The van der Waals surface area contributed by atoms with Gasteiger partial charge in [-0.3, -0.25) is 0 Å². The molecule has 0 aromatic heterocycles. The third-order valence-corrected chi connectivity index (χ3v) is 8.49. The van der Waals surface area contributed by atoms with E-state index in [9.17, 15) is 0 Å². The molecular formula is C37H26O. The molecule has 0 fully saturated rings. The molecule has 0 bridgehead atoms. The van der Waals surface area contributed by atoms with Gasteiger partial charge in [0.1, 0.15) is 11.5 Å². The van der Waals surface area contributed by atoms with Crippen LogP contribution < -0.4 is 4.74 Å². The number of rotatable bonds is 2. The topological polar surface area (TPSA) is 9.23 Å². The van der Waals surface area contributed by atoms with Crippen molar-refractivity contribution < 1.29 is 4.74 Å². The standard InChI is InChI=1S/C37H26O/c1-37(2)31-17-5-3-13-30(31)35-26(14-9-18-32(35)37)24-11-7-10-23(22-24)25-20-21-34-36-28(25)15-8-16-29(36)27-12-4-6-19-33(27)38-34/h3-22H,1-2H3. The van der Waals surface area contributed by atoms with E-state index in [0.717, 1.165) is 17.1 Å². The molecule has 180 valence electrons. The maximum absolute atomic E-state index is 6.34. The van der Waals surface area contributed by atoms with E-state index in [2.05, 4.69) is 123 Å². The fraction of sp³-hybridized carbons (Fsp3) is 0.0811. The average molecular weight is 487 g/mol. The molecule has 1 nitrogen and oxygen atoms in total. The molecule has 38 heavy (non-hydrogen) atoms. The third kappa shape index (κ3) is 2.87. The van der Waals surface area contributed by atoms with Crippen molar-refractivity contribution >= 4 is 10.8 Å². The summed E-state index contributed by atoms with van der Waals surface area (Å²) in [6.07, 6.45) is 0. The Morgan fingerprint density at radius 1 is 0.474 bits per heavy atom. The Hall–Kier alpha value is -4.62. The van der Waals surface area contributed by atoms with Gasteiger partial charge in [-0.25, -0.2) is 0 Å². The Morgan fingerprint density at radius 2 is 1.13 bits per heavy atom. The summed E-state index contributed by atoms with van der Waals surface area (Å²) in [4.78, 5) is 0. The second-order valence-corrected chi connectivity index (χ2v) is 10.9. The quantitative estimate of drug-likeness (QED) is 0.236. The van der Waals surface area contributed by atoms with Crippen LogP contribution in [0.5, 0.6) is 11.5 Å². The van der Waals surface area contributed by atoms with Crippen molar-refractivity contribution in [2.24, 2.45) is 0 Å². The highest BCUT2D eigenvalue weighted by atomic mass is 16.5. The Labute approximate surface area is 223 Å². The summed E-state index contributed by atoms with van der Waals surface area (Å²) in [6.45, 7) is 4.68. The average Bonchev–Trinajstić information content (AvgIpc) is 3.20. The van der Waals surface area contributed by atoms with Crippen LogP contribution in [-0.4, -0.2) is 0 Å². The van der Waals surface area contributed by atoms with E-state index in [0.29, 0.717) is 0 Å². The lowest BCUT2D eigenvalue weighted by molar-refractivity contribution is 0.487. The maximum Gasteiger partial charge on any atom is 0.135 e. The molecule has 0 atom stereocenters. The molecule has 0 unspecified atom stereocenters. The molecule has 6 aromatic carbocycles. The van der Waals surface area contributed by atoms with Crippen molar-refractivity contribution in [2.45, 2.75) is 19.3 Å². The monoisotopic (exact) mass is 486 g/mol. The van der Waals surface area contributed by atoms with Gasteiger partial charge in [0.15, 0.2) is 0 Å². The zero-order valence-electron chi connectivity index (χ0n) is 21.5. The van der Waals surface area contributed by atoms with E-state index in [1.165, 1.54) is 60.8 Å². The molecule has 0 saturated heterocycles. The van der Waals surface area contributed by atoms with Gasteiger partial charge < -0.3 is 4.74 Å². The molecule has 1 aliphatic carbocycles. The van der Waals surface area contributed by atoms with Gasteiger partial charge in [0, 0.05) is 16.4 Å². The largest absolute Gasteiger partial charge is 0.456 e. The fourth-order valence-electron chi connectivity index (χ4n) is 6.68. The van der Waals surface area contributed by atoms with Crippen molar-refractivity contribution in [3.63, 3.8) is 0 Å². The minimum atomic E-state index is -0.00790. The first-order valence-corrected chi connectivity index (χ1v) is 13.3. The summed E-state index contributed by atoms with van der Waals surface area (Å²) in [5.41, 5.74) is 12.9. The van der Waals surface area contributed by atoms with E-state index in [1.54, 1.807) is 0 Å². The molecule has 1 heteroatoms. The summed E-state index contributed by atoms with van der Waals surface area (Å²) in [5.74, 6) is 1.84. The van der Waals surface area contributed by atoms with Crippen LogP contribution in [0.3, 0.4) is 0 Å². The van der Waals surface area contributed by atoms with E-state index in [1.807, 2.05) is 12.1 Å². The molecule has 1 heterocycles. The van der Waals surface area contributed by atoms with Gasteiger partial charge in [-0.1, -0.05) is 117 Å². The summed E-state index contributed by atoms with van der Waals surface area (Å²) < 4.78 is 6.34. The zero-order valence-corrected chi connectivity index (χ0v) is 21.5. The van der Waals surface area contributed by atoms with Gasteiger partial charge >= 0.3 is 0 Å². The highest BCUT2D eigenvalue weighted by Crippen LogP contribution is 2.52. The second-order valence-electron chi connectivity index (χ2n) is 10.9. The van der Waals surface area contributed by atoms with Crippen LogP contribution in [0.1, 0.15) is 25.0 Å². The molecule has 0 amide bonds. The van der Waals surface area contributed by atoms with Crippen LogP contribution in [0.25, 0.3) is 55.3 Å². The highest BCUT2D eigenvalue weighted by Gasteiger charge is 2.36. The highest BCUT2D eigenvalue weighted by molar-refractivity contribution is 6.10. The first-order chi connectivity index (χ1) is 18.6. The van der Waals surface area contributed by atoms with E-state index in [4.69, 9.17) is 4.74 Å². The number of benzene rings is 6. The Balaban J connectivity index is 1.33. The Bertz CT molecular complexity index is 1920. The summed E-state index contributed by atoms with van der Waals surface area (Å²) in [7, 11) is 0. The van der Waals surface area contributed by atoms with Crippen LogP contribution in [0, 0.1) is 0 Å². The zero-order chi connectivity index (χ0) is 25.4. The van der Waals surface area contributed by atoms with Crippen molar-refractivity contribution in [2.75, 3.05) is 0 Å². The normalized spacial score (nSPS) is 13.9. The van der Waals surface area contributed by atoms with Crippen LogP contribution in [0.4, 0.5) is 0 Å². The summed E-state index contributed by atoms with van der Waals surface area (Å²) in [6, 6.07) is 43.9. The fourth-order valence-corrected chi connectivity index (χ4v) is 6.68. The predicted molar refractivity (Wildman–Crippen MR) is 158 cm³/mol. The smallest absolute Gasteiger partial charge is 0.135 e. The minimum absolute atomic E-state index is 0.00790. The van der Waals surface area contributed by atoms with Crippen LogP contribution in [-0.2, 0) is 5.41 Å². The molecule has 0 saturated carbocycles. The maximum atomic E-state index is 6.34. The Morgan fingerprint density at radius 3 is 2.03 bits per heavy atom. The van der Waals surface area contributed by atoms with Crippen molar-refractivity contribution in [3.05, 3.63) is 132 Å². The van der Waals surface area contributed by atoms with Crippen LogP contribution in [0.15, 0.2) is 121 Å². The number of fused-ring (bicyclic) bond motifs is 5. The lowest BCUT2D eigenvalue weighted by Gasteiger charge is -2.22. The second kappa shape index (κ2) is 7.69. The van der Waals surface area contributed by atoms with Crippen molar-refractivity contribution in [1.29, 1.82) is 0 Å².